The summed E-state index contributed by atoms with van der Waals surface area (Å²) in [6.45, 7) is 2.15. The van der Waals surface area contributed by atoms with E-state index in [1.54, 1.807) is 34.1 Å². The minimum absolute atomic E-state index is 0.00234. The Morgan fingerprint density at radius 2 is 1.25 bits per heavy atom. The van der Waals surface area contributed by atoms with E-state index in [0.29, 0.717) is 42.7 Å². The van der Waals surface area contributed by atoms with Gasteiger partial charge in [-0.1, -0.05) is 29.8 Å². The molecule has 6 nitrogen and oxygen atoms in total. The second kappa shape index (κ2) is 9.99. The Morgan fingerprint density at radius 1 is 0.750 bits per heavy atom. The first-order chi connectivity index (χ1) is 13.6. The molecule has 1 saturated heterocycles. The zero-order valence-corrected chi connectivity index (χ0v) is 16.3. The van der Waals surface area contributed by atoms with Crippen LogP contribution in [0, 0.1) is 0 Å². The van der Waals surface area contributed by atoms with Gasteiger partial charge in [0.15, 0.2) is 13.2 Å². The molecule has 2 aromatic rings. The Balaban J connectivity index is 1.43. The first-order valence-electron chi connectivity index (χ1n) is 9.23. The predicted octanol–water partition coefficient (Wildman–Crippen LogP) is 2.86. The quantitative estimate of drug-likeness (QED) is 0.745. The Hall–Kier alpha value is -2.73. The molecule has 0 N–H and O–H groups in total. The lowest BCUT2D eigenvalue weighted by atomic mass is 10.3. The van der Waals surface area contributed by atoms with Crippen molar-refractivity contribution in [2.24, 2.45) is 0 Å². The molecule has 0 bridgehead atoms. The number of amides is 2. The summed E-state index contributed by atoms with van der Waals surface area (Å²) >= 11 is 5.84. The maximum absolute atomic E-state index is 12.4. The lowest BCUT2D eigenvalue weighted by Gasteiger charge is -2.22. The average molecular weight is 403 g/mol. The number of rotatable bonds is 6. The number of nitrogens with zero attached hydrogens (tertiary/aromatic N) is 2. The van der Waals surface area contributed by atoms with Crippen molar-refractivity contribution < 1.29 is 19.1 Å². The molecule has 0 aliphatic carbocycles. The molecule has 0 atom stereocenters. The fourth-order valence-corrected chi connectivity index (χ4v) is 3.06. The van der Waals surface area contributed by atoms with Crippen molar-refractivity contribution in [1.82, 2.24) is 9.80 Å². The standard InChI is InChI=1S/C21H23ClN2O4/c22-17-7-9-19(10-8-17)28-16-21(26)24-12-4-11-23(13-14-24)20(25)15-27-18-5-2-1-3-6-18/h1-3,5-10H,4,11-16H2. The summed E-state index contributed by atoms with van der Waals surface area (Å²) in [6, 6.07) is 16.1. The van der Waals surface area contributed by atoms with Gasteiger partial charge in [0, 0.05) is 31.2 Å². The van der Waals surface area contributed by atoms with Gasteiger partial charge in [0.05, 0.1) is 0 Å². The molecular weight excluding hydrogens is 380 g/mol. The van der Waals surface area contributed by atoms with Crippen LogP contribution in [0.25, 0.3) is 0 Å². The Kier molecular flexibility index (Phi) is 7.14. The summed E-state index contributed by atoms with van der Waals surface area (Å²) in [4.78, 5) is 28.3. The monoisotopic (exact) mass is 402 g/mol. The number of para-hydroxylation sites is 1. The van der Waals surface area contributed by atoms with Crippen molar-refractivity contribution in [2.75, 3.05) is 39.4 Å². The van der Waals surface area contributed by atoms with Crippen LogP contribution in [0.3, 0.4) is 0 Å². The van der Waals surface area contributed by atoms with Gasteiger partial charge < -0.3 is 19.3 Å². The number of carbonyl (C=O) groups is 2. The number of ether oxygens (including phenoxy) is 2. The van der Waals surface area contributed by atoms with Gasteiger partial charge in [-0.05, 0) is 42.8 Å². The van der Waals surface area contributed by atoms with Gasteiger partial charge in [-0.2, -0.15) is 0 Å². The molecule has 148 valence electrons. The smallest absolute Gasteiger partial charge is 0.260 e. The highest BCUT2D eigenvalue weighted by atomic mass is 35.5. The van der Waals surface area contributed by atoms with Crippen molar-refractivity contribution >= 4 is 23.4 Å². The highest BCUT2D eigenvalue weighted by molar-refractivity contribution is 6.30. The highest BCUT2D eigenvalue weighted by Gasteiger charge is 2.22. The van der Waals surface area contributed by atoms with Crippen LogP contribution in [-0.2, 0) is 9.59 Å². The lowest BCUT2D eigenvalue weighted by Crippen LogP contribution is -2.40. The second-order valence-corrected chi connectivity index (χ2v) is 6.90. The van der Waals surface area contributed by atoms with Crippen LogP contribution < -0.4 is 9.47 Å². The molecule has 2 amide bonds. The zero-order valence-electron chi connectivity index (χ0n) is 15.6. The number of hydrogen-bond donors (Lipinski definition) is 0. The van der Waals surface area contributed by atoms with E-state index in [4.69, 9.17) is 21.1 Å². The van der Waals surface area contributed by atoms with Crippen LogP contribution in [0.4, 0.5) is 0 Å². The Bertz CT molecular complexity index is 783. The molecule has 0 unspecified atom stereocenters. The highest BCUT2D eigenvalue weighted by Crippen LogP contribution is 2.16. The van der Waals surface area contributed by atoms with Crippen LogP contribution >= 0.6 is 11.6 Å². The van der Waals surface area contributed by atoms with Gasteiger partial charge >= 0.3 is 0 Å². The van der Waals surface area contributed by atoms with Gasteiger partial charge in [0.25, 0.3) is 11.8 Å². The third-order valence-corrected chi connectivity index (χ3v) is 4.73. The zero-order chi connectivity index (χ0) is 19.8. The van der Waals surface area contributed by atoms with Gasteiger partial charge in [0.1, 0.15) is 11.5 Å². The van der Waals surface area contributed by atoms with Crippen LogP contribution in [0.15, 0.2) is 54.6 Å². The fourth-order valence-electron chi connectivity index (χ4n) is 2.94. The van der Waals surface area contributed by atoms with Crippen LogP contribution in [0.2, 0.25) is 5.02 Å². The maximum Gasteiger partial charge on any atom is 0.260 e. The van der Waals surface area contributed by atoms with E-state index >= 15 is 0 Å². The molecule has 0 aromatic heterocycles. The molecule has 1 heterocycles. The first kappa shape index (κ1) is 20.0. The molecule has 0 saturated carbocycles. The second-order valence-electron chi connectivity index (χ2n) is 6.46. The summed E-state index contributed by atoms with van der Waals surface area (Å²) in [5, 5.41) is 0.618. The number of halogens is 1. The molecule has 7 heteroatoms. The Labute approximate surface area is 169 Å². The number of benzene rings is 2. The Morgan fingerprint density at radius 3 is 1.79 bits per heavy atom. The molecule has 0 spiro atoms. The van der Waals surface area contributed by atoms with Gasteiger partial charge in [-0.3, -0.25) is 9.59 Å². The average Bonchev–Trinajstić information content (AvgIpc) is 2.98. The molecule has 3 rings (SSSR count). The summed E-state index contributed by atoms with van der Waals surface area (Å²) < 4.78 is 11.1. The van der Waals surface area contributed by atoms with Crippen molar-refractivity contribution in [3.8, 4) is 11.5 Å². The number of carbonyl (C=O) groups excluding carboxylic acids is 2. The molecule has 2 aromatic carbocycles. The third kappa shape index (κ3) is 5.89. The van der Waals surface area contributed by atoms with Crippen LogP contribution in [0.5, 0.6) is 11.5 Å². The topological polar surface area (TPSA) is 59.1 Å². The molecule has 1 aliphatic rings. The van der Waals surface area contributed by atoms with Crippen LogP contribution in [0.1, 0.15) is 6.42 Å². The molecule has 28 heavy (non-hydrogen) atoms. The minimum atomic E-state index is -0.0928. The van der Waals surface area contributed by atoms with Crippen molar-refractivity contribution in [3.63, 3.8) is 0 Å². The number of hydrogen-bond acceptors (Lipinski definition) is 4. The van der Waals surface area contributed by atoms with Crippen LogP contribution in [-0.4, -0.2) is 61.0 Å². The third-order valence-electron chi connectivity index (χ3n) is 4.48. The van der Waals surface area contributed by atoms with Gasteiger partial charge in [-0.25, -0.2) is 0 Å². The van der Waals surface area contributed by atoms with Crippen molar-refractivity contribution in [3.05, 3.63) is 59.6 Å². The van der Waals surface area contributed by atoms with E-state index in [0.717, 1.165) is 6.42 Å². The summed E-state index contributed by atoms with van der Waals surface area (Å²) in [6.07, 6.45) is 0.726. The summed E-state index contributed by atoms with van der Waals surface area (Å²) in [7, 11) is 0. The van der Waals surface area contributed by atoms with E-state index in [-0.39, 0.29) is 25.0 Å². The fraction of sp³-hybridized carbons (Fsp3) is 0.333. The van der Waals surface area contributed by atoms with E-state index in [9.17, 15) is 9.59 Å². The molecule has 0 radical (unpaired) electrons. The predicted molar refractivity (Wildman–Crippen MR) is 107 cm³/mol. The van der Waals surface area contributed by atoms with E-state index in [1.165, 1.54) is 0 Å². The summed E-state index contributed by atoms with van der Waals surface area (Å²) in [5.74, 6) is 1.10. The molecular formula is C21H23ClN2O4. The van der Waals surface area contributed by atoms with Crippen molar-refractivity contribution in [1.29, 1.82) is 0 Å². The van der Waals surface area contributed by atoms with Gasteiger partial charge in [-0.15, -0.1) is 0 Å². The largest absolute Gasteiger partial charge is 0.484 e. The first-order valence-corrected chi connectivity index (χ1v) is 9.61. The molecule has 1 aliphatic heterocycles. The maximum atomic E-state index is 12.4. The molecule has 1 fully saturated rings. The summed E-state index contributed by atoms with van der Waals surface area (Å²) in [5.41, 5.74) is 0. The van der Waals surface area contributed by atoms with Gasteiger partial charge in [0.2, 0.25) is 0 Å². The normalized spacial score (nSPS) is 14.3. The van der Waals surface area contributed by atoms with Crippen molar-refractivity contribution in [2.45, 2.75) is 6.42 Å². The minimum Gasteiger partial charge on any atom is -0.484 e. The van der Waals surface area contributed by atoms with E-state index in [2.05, 4.69) is 0 Å². The van der Waals surface area contributed by atoms with E-state index < -0.39 is 0 Å². The lowest BCUT2D eigenvalue weighted by molar-refractivity contribution is -0.135. The SMILES string of the molecule is O=C(COc1ccccc1)N1CCCN(C(=O)COc2ccc(Cl)cc2)CC1. The van der Waals surface area contributed by atoms with E-state index in [1.807, 2.05) is 30.3 Å².